The zero-order valence-electron chi connectivity index (χ0n) is 13.2. The highest BCUT2D eigenvalue weighted by Gasteiger charge is 2.36. The van der Waals surface area contributed by atoms with Gasteiger partial charge < -0.3 is 14.8 Å². The molecule has 4 heterocycles. The second-order valence-corrected chi connectivity index (χ2v) is 6.87. The highest BCUT2D eigenvalue weighted by Crippen LogP contribution is 2.22. The highest BCUT2D eigenvalue weighted by atomic mass is 16.2. The number of aromatic nitrogens is 3. The largest absolute Gasteiger partial charge is 0.345 e. The molecule has 7 nitrogen and oxygen atoms in total. The van der Waals surface area contributed by atoms with E-state index < -0.39 is 0 Å². The summed E-state index contributed by atoms with van der Waals surface area (Å²) in [6.45, 7) is 5.16. The van der Waals surface area contributed by atoms with Crippen molar-refractivity contribution in [1.82, 2.24) is 29.9 Å². The second-order valence-electron chi connectivity index (χ2n) is 6.87. The number of hydrogen-bond acceptors (Lipinski definition) is 5. The molecule has 120 valence electrons. The van der Waals surface area contributed by atoms with Crippen molar-refractivity contribution in [3.63, 3.8) is 0 Å². The molecule has 3 aliphatic rings. The molecule has 1 amide bonds. The number of carbonyl (C=O) groups excluding carboxylic acids is 1. The molecular weight excluding hydrogens is 280 g/mol. The molecule has 2 fully saturated rings. The van der Waals surface area contributed by atoms with E-state index in [9.17, 15) is 4.79 Å². The molecule has 2 atom stereocenters. The topological polar surface area (TPSA) is 66.3 Å². The van der Waals surface area contributed by atoms with Crippen LogP contribution in [0.1, 0.15) is 35.7 Å². The molecule has 1 aromatic heterocycles. The molecule has 1 N–H and O–H groups in total. The molecule has 0 aliphatic carbocycles. The van der Waals surface area contributed by atoms with Crippen molar-refractivity contribution < 1.29 is 4.79 Å². The Labute approximate surface area is 130 Å². The van der Waals surface area contributed by atoms with Gasteiger partial charge in [-0.2, -0.15) is 0 Å². The zero-order chi connectivity index (χ0) is 15.1. The molecular formula is C15H24N6O. The summed E-state index contributed by atoms with van der Waals surface area (Å²) in [5, 5.41) is 11.5. The van der Waals surface area contributed by atoms with Crippen LogP contribution in [0.25, 0.3) is 0 Å². The predicted octanol–water partition coefficient (Wildman–Crippen LogP) is -0.267. The fourth-order valence-corrected chi connectivity index (χ4v) is 4.03. The van der Waals surface area contributed by atoms with Crippen molar-refractivity contribution in [3.8, 4) is 0 Å². The first kappa shape index (κ1) is 14.1. The molecule has 1 aromatic rings. The molecule has 0 radical (unpaired) electrons. The van der Waals surface area contributed by atoms with E-state index in [1.807, 2.05) is 4.57 Å². The Hall–Kier alpha value is -1.47. The number of nitrogens with one attached hydrogen (secondary N) is 1. The number of carbonyl (C=O) groups is 1. The summed E-state index contributed by atoms with van der Waals surface area (Å²) < 4.78 is 1.99. The van der Waals surface area contributed by atoms with Gasteiger partial charge in [0, 0.05) is 51.2 Å². The minimum Gasteiger partial charge on any atom is -0.345 e. The second kappa shape index (κ2) is 5.62. The van der Waals surface area contributed by atoms with Crippen LogP contribution in [0.2, 0.25) is 0 Å². The molecule has 0 bridgehead atoms. The molecule has 0 aromatic carbocycles. The van der Waals surface area contributed by atoms with Gasteiger partial charge in [-0.1, -0.05) is 0 Å². The third-order valence-corrected chi connectivity index (χ3v) is 5.22. The summed E-state index contributed by atoms with van der Waals surface area (Å²) in [5.74, 6) is 1.40. The lowest BCUT2D eigenvalue weighted by atomic mass is 10.1. The first-order valence-electron chi connectivity index (χ1n) is 8.36. The van der Waals surface area contributed by atoms with Gasteiger partial charge in [0.2, 0.25) is 5.82 Å². The van der Waals surface area contributed by atoms with E-state index >= 15 is 0 Å². The van der Waals surface area contributed by atoms with Crippen LogP contribution in [0.5, 0.6) is 0 Å². The Morgan fingerprint density at radius 3 is 3.00 bits per heavy atom. The van der Waals surface area contributed by atoms with Gasteiger partial charge in [-0.3, -0.25) is 9.69 Å². The Kier molecular flexibility index (Phi) is 3.62. The molecule has 0 spiro atoms. The number of rotatable bonds is 2. The Morgan fingerprint density at radius 1 is 1.18 bits per heavy atom. The fourth-order valence-electron chi connectivity index (χ4n) is 4.03. The van der Waals surface area contributed by atoms with Gasteiger partial charge in [0.05, 0.1) is 0 Å². The van der Waals surface area contributed by atoms with Crippen molar-refractivity contribution in [2.45, 2.75) is 44.3 Å². The van der Waals surface area contributed by atoms with Crippen LogP contribution in [-0.4, -0.2) is 75.8 Å². The van der Waals surface area contributed by atoms with Crippen LogP contribution < -0.4 is 5.32 Å². The number of nitrogens with zero attached hydrogens (tertiary/aromatic N) is 5. The van der Waals surface area contributed by atoms with Gasteiger partial charge in [-0.05, 0) is 26.3 Å². The summed E-state index contributed by atoms with van der Waals surface area (Å²) in [5.41, 5.74) is 0. The van der Waals surface area contributed by atoms with Crippen LogP contribution in [0.3, 0.4) is 0 Å². The molecule has 0 saturated carbocycles. The van der Waals surface area contributed by atoms with Crippen LogP contribution in [0.15, 0.2) is 0 Å². The quantitative estimate of drug-likeness (QED) is 0.815. The predicted molar refractivity (Wildman–Crippen MR) is 81.7 cm³/mol. The average molecular weight is 304 g/mol. The highest BCUT2D eigenvalue weighted by molar-refractivity contribution is 5.91. The van der Waals surface area contributed by atoms with E-state index in [0.717, 1.165) is 64.2 Å². The lowest BCUT2D eigenvalue weighted by Gasteiger charge is -2.34. The van der Waals surface area contributed by atoms with Gasteiger partial charge in [0.1, 0.15) is 5.82 Å². The van der Waals surface area contributed by atoms with Crippen LogP contribution >= 0.6 is 0 Å². The van der Waals surface area contributed by atoms with Gasteiger partial charge in [-0.15, -0.1) is 10.2 Å². The van der Waals surface area contributed by atoms with Crippen molar-refractivity contribution in [2.24, 2.45) is 0 Å². The van der Waals surface area contributed by atoms with Crippen molar-refractivity contribution in [3.05, 3.63) is 11.6 Å². The zero-order valence-corrected chi connectivity index (χ0v) is 13.2. The maximum Gasteiger partial charge on any atom is 0.289 e. The van der Waals surface area contributed by atoms with Gasteiger partial charge >= 0.3 is 0 Å². The number of hydrogen-bond donors (Lipinski definition) is 1. The maximum atomic E-state index is 12.5. The Bertz CT molecular complexity index is 570. The van der Waals surface area contributed by atoms with Crippen molar-refractivity contribution >= 4 is 5.91 Å². The Morgan fingerprint density at radius 2 is 2.09 bits per heavy atom. The minimum absolute atomic E-state index is 0.0566. The molecule has 3 aliphatic heterocycles. The summed E-state index contributed by atoms with van der Waals surface area (Å²) in [6, 6.07) is 0.817. The van der Waals surface area contributed by atoms with Crippen LogP contribution in [0, 0.1) is 0 Å². The fraction of sp³-hybridized carbons (Fsp3) is 0.800. The molecule has 2 saturated heterocycles. The summed E-state index contributed by atoms with van der Waals surface area (Å²) in [4.78, 5) is 17.4. The third-order valence-electron chi connectivity index (χ3n) is 5.22. The monoisotopic (exact) mass is 304 g/mol. The number of piperazine rings is 1. The van der Waals surface area contributed by atoms with Gasteiger partial charge in [0.25, 0.3) is 5.91 Å². The SMILES string of the molecule is CN1CCN2C[C@@H](NC(=O)c3nnc4n3CCCC4)C[C@H]2C1. The molecule has 0 unspecified atom stereocenters. The smallest absolute Gasteiger partial charge is 0.289 e. The van der Waals surface area contributed by atoms with Crippen LogP contribution in [-0.2, 0) is 13.0 Å². The first-order valence-corrected chi connectivity index (χ1v) is 8.36. The summed E-state index contributed by atoms with van der Waals surface area (Å²) in [6.07, 6.45) is 4.23. The number of aryl methyl sites for hydroxylation is 1. The lowest BCUT2D eigenvalue weighted by Crippen LogP contribution is -2.48. The van der Waals surface area contributed by atoms with E-state index in [0.29, 0.717) is 11.9 Å². The average Bonchev–Trinajstić information content (AvgIpc) is 3.09. The van der Waals surface area contributed by atoms with E-state index in [1.54, 1.807) is 0 Å². The van der Waals surface area contributed by atoms with Gasteiger partial charge in [0.15, 0.2) is 0 Å². The van der Waals surface area contributed by atoms with E-state index in [-0.39, 0.29) is 11.9 Å². The number of fused-ring (bicyclic) bond motifs is 2. The molecule has 22 heavy (non-hydrogen) atoms. The van der Waals surface area contributed by atoms with E-state index in [1.165, 1.54) is 0 Å². The minimum atomic E-state index is -0.0566. The van der Waals surface area contributed by atoms with Crippen molar-refractivity contribution in [2.75, 3.05) is 33.2 Å². The summed E-state index contributed by atoms with van der Waals surface area (Å²) in [7, 11) is 2.17. The van der Waals surface area contributed by atoms with E-state index in [2.05, 4.69) is 32.4 Å². The maximum absolute atomic E-state index is 12.5. The van der Waals surface area contributed by atoms with E-state index in [4.69, 9.17) is 0 Å². The number of amides is 1. The third kappa shape index (κ3) is 2.52. The normalized spacial score (nSPS) is 29.1. The summed E-state index contributed by atoms with van der Waals surface area (Å²) >= 11 is 0. The van der Waals surface area contributed by atoms with Crippen molar-refractivity contribution in [1.29, 1.82) is 0 Å². The lowest BCUT2D eigenvalue weighted by molar-refractivity contribution is 0.0920. The first-order chi connectivity index (χ1) is 10.7. The Balaban J connectivity index is 1.41. The molecule has 4 rings (SSSR count). The standard InChI is InChI=1S/C15H24N6O/c1-19-6-7-20-9-11(8-12(20)10-19)16-15(22)14-18-17-13-4-2-3-5-21(13)14/h11-12H,2-10H2,1H3,(H,16,22)/t11-,12-/m0/s1. The van der Waals surface area contributed by atoms with Gasteiger partial charge in [-0.25, -0.2) is 0 Å². The van der Waals surface area contributed by atoms with Crippen LogP contribution in [0.4, 0.5) is 0 Å². The molecule has 7 heteroatoms. The number of likely N-dealkylation sites (N-methyl/N-ethyl adjacent to an activating group) is 1.